The molecule has 0 aromatic heterocycles. The molecule has 0 amide bonds. The van der Waals surface area contributed by atoms with Gasteiger partial charge >= 0.3 is 12.4 Å². The number of ether oxygens (including phenoxy) is 4. The van der Waals surface area contributed by atoms with Gasteiger partial charge in [0.1, 0.15) is 16.4 Å². The Kier molecular flexibility index (Phi) is 6.65. The van der Waals surface area contributed by atoms with Crippen LogP contribution in [0.1, 0.15) is 12.8 Å². The van der Waals surface area contributed by atoms with Crippen LogP contribution in [0.5, 0.6) is 11.5 Å². The summed E-state index contributed by atoms with van der Waals surface area (Å²) in [6.07, 6.45) is -9.06. The van der Waals surface area contributed by atoms with Crippen LogP contribution < -0.4 is 9.47 Å². The molecule has 31 heavy (non-hydrogen) atoms. The Balaban J connectivity index is 1.85. The number of halogens is 6. The zero-order valence-corrected chi connectivity index (χ0v) is 16.8. The van der Waals surface area contributed by atoms with E-state index in [1.807, 2.05) is 0 Å². The molecule has 1 aromatic rings. The molecule has 0 radical (unpaired) electrons. The van der Waals surface area contributed by atoms with E-state index in [9.17, 15) is 34.8 Å². The first-order valence-corrected chi connectivity index (χ1v) is 10.5. The Bertz CT molecular complexity index is 872. The van der Waals surface area contributed by atoms with Gasteiger partial charge in [0.15, 0.2) is 19.0 Å². The molecule has 2 saturated heterocycles. The summed E-state index contributed by atoms with van der Waals surface area (Å²) in [6, 6.07) is 2.46. The zero-order chi connectivity index (χ0) is 22.9. The number of benzene rings is 1. The molecule has 0 unspecified atom stereocenters. The molecule has 14 heteroatoms. The van der Waals surface area contributed by atoms with E-state index in [0.29, 0.717) is 13.2 Å². The van der Waals surface area contributed by atoms with Crippen LogP contribution in [0.3, 0.4) is 0 Å². The average molecular weight is 479 g/mol. The van der Waals surface area contributed by atoms with Gasteiger partial charge in [0.2, 0.25) is 10.0 Å². The van der Waals surface area contributed by atoms with E-state index in [4.69, 9.17) is 9.47 Å². The van der Waals surface area contributed by atoms with Crippen LogP contribution in [0.4, 0.5) is 26.3 Å². The van der Waals surface area contributed by atoms with Gasteiger partial charge < -0.3 is 18.9 Å². The average Bonchev–Trinajstić information content (AvgIpc) is 3.12. The van der Waals surface area contributed by atoms with E-state index in [2.05, 4.69) is 9.47 Å². The molecule has 2 aliphatic heterocycles. The van der Waals surface area contributed by atoms with Crippen molar-refractivity contribution in [2.75, 3.05) is 39.5 Å². The minimum absolute atomic E-state index is 0.0608. The van der Waals surface area contributed by atoms with Crippen molar-refractivity contribution in [1.29, 1.82) is 0 Å². The SMILES string of the molecule is O=S(=O)(c1cc(OCC(F)(F)F)ccc1OCC(F)(F)F)N1CCC2(CC1)OCCO2. The predicted molar refractivity (Wildman–Crippen MR) is 92.2 cm³/mol. The fourth-order valence-electron chi connectivity index (χ4n) is 3.22. The molecule has 2 fully saturated rings. The van der Waals surface area contributed by atoms with Gasteiger partial charge in [-0.25, -0.2) is 8.42 Å². The lowest BCUT2D eigenvalue weighted by molar-refractivity contribution is -0.179. The Hall–Kier alpha value is -1.77. The second-order valence-corrected chi connectivity index (χ2v) is 8.83. The zero-order valence-electron chi connectivity index (χ0n) is 16.0. The first-order valence-electron chi connectivity index (χ1n) is 9.11. The highest BCUT2D eigenvalue weighted by Gasteiger charge is 2.43. The van der Waals surface area contributed by atoms with Gasteiger partial charge in [-0.15, -0.1) is 0 Å². The maximum absolute atomic E-state index is 13.1. The molecule has 2 heterocycles. The highest BCUT2D eigenvalue weighted by Crippen LogP contribution is 2.37. The number of hydrogen-bond acceptors (Lipinski definition) is 6. The fourth-order valence-corrected chi connectivity index (χ4v) is 4.80. The fraction of sp³-hybridized carbons (Fsp3) is 0.647. The van der Waals surface area contributed by atoms with Crippen LogP contribution in [-0.4, -0.2) is 70.4 Å². The number of nitrogens with zero attached hydrogens (tertiary/aromatic N) is 1. The largest absolute Gasteiger partial charge is 0.484 e. The smallest absolute Gasteiger partial charge is 0.422 e. The molecule has 0 atom stereocenters. The second kappa shape index (κ2) is 8.64. The van der Waals surface area contributed by atoms with Crippen molar-refractivity contribution in [3.05, 3.63) is 18.2 Å². The van der Waals surface area contributed by atoms with Crippen LogP contribution in [-0.2, 0) is 19.5 Å². The van der Waals surface area contributed by atoms with Gasteiger partial charge in [0.25, 0.3) is 0 Å². The Labute approximate surface area is 173 Å². The molecule has 0 saturated carbocycles. The lowest BCUT2D eigenvalue weighted by Gasteiger charge is -2.37. The Morgan fingerprint density at radius 1 is 0.935 bits per heavy atom. The first kappa shape index (κ1) is 23.9. The molecule has 1 aromatic carbocycles. The lowest BCUT2D eigenvalue weighted by Crippen LogP contribution is -2.47. The molecular weight excluding hydrogens is 460 g/mol. The summed E-state index contributed by atoms with van der Waals surface area (Å²) in [4.78, 5) is -0.722. The van der Waals surface area contributed by atoms with E-state index in [-0.39, 0.29) is 25.9 Å². The summed E-state index contributed by atoms with van der Waals surface area (Å²) in [5.74, 6) is -2.03. The molecule has 1 spiro atoms. The van der Waals surface area contributed by atoms with Gasteiger partial charge in [0, 0.05) is 32.0 Å². The maximum Gasteiger partial charge on any atom is 0.422 e. The minimum atomic E-state index is -4.75. The molecule has 3 rings (SSSR count). The second-order valence-electron chi connectivity index (χ2n) is 6.93. The normalized spacial score (nSPS) is 20.2. The van der Waals surface area contributed by atoms with Crippen LogP contribution in [0.25, 0.3) is 0 Å². The van der Waals surface area contributed by atoms with E-state index in [0.717, 1.165) is 22.5 Å². The molecule has 2 aliphatic rings. The molecule has 0 bridgehead atoms. The molecule has 0 aliphatic carbocycles. The number of rotatable bonds is 6. The number of hydrogen-bond donors (Lipinski definition) is 0. The van der Waals surface area contributed by atoms with Crippen LogP contribution in [0, 0.1) is 0 Å². The van der Waals surface area contributed by atoms with Gasteiger partial charge in [-0.05, 0) is 12.1 Å². The van der Waals surface area contributed by atoms with E-state index in [1.54, 1.807) is 0 Å². The van der Waals surface area contributed by atoms with Crippen LogP contribution in [0.2, 0.25) is 0 Å². The minimum Gasteiger partial charge on any atom is -0.484 e. The van der Waals surface area contributed by atoms with Crippen molar-refractivity contribution in [3.63, 3.8) is 0 Å². The summed E-state index contributed by atoms with van der Waals surface area (Å²) < 4.78 is 122. The highest BCUT2D eigenvalue weighted by atomic mass is 32.2. The molecule has 7 nitrogen and oxygen atoms in total. The summed E-state index contributed by atoms with van der Waals surface area (Å²) in [5, 5.41) is 0. The van der Waals surface area contributed by atoms with Gasteiger partial charge in [-0.2, -0.15) is 30.6 Å². The standard InChI is InChI=1S/C17H19F6NO6S/c18-16(19,20)10-27-12-1-2-13(28-11-17(21,22)23)14(9-12)31(25,26)24-5-3-15(4-6-24)29-7-8-30-15/h1-2,9H,3-8,10-11H2. The number of piperidine rings is 1. The van der Waals surface area contributed by atoms with Crippen molar-refractivity contribution in [3.8, 4) is 11.5 Å². The van der Waals surface area contributed by atoms with Crippen molar-refractivity contribution in [2.45, 2.75) is 35.9 Å². The Morgan fingerprint density at radius 2 is 1.48 bits per heavy atom. The summed E-state index contributed by atoms with van der Waals surface area (Å²) >= 11 is 0. The summed E-state index contributed by atoms with van der Waals surface area (Å²) in [7, 11) is -4.41. The molecule has 176 valence electrons. The Morgan fingerprint density at radius 3 is 2.03 bits per heavy atom. The quantitative estimate of drug-likeness (QED) is 0.584. The first-order chi connectivity index (χ1) is 14.3. The molecule has 0 N–H and O–H groups in total. The monoisotopic (exact) mass is 479 g/mol. The van der Waals surface area contributed by atoms with Gasteiger partial charge in [0.05, 0.1) is 13.2 Å². The van der Waals surface area contributed by atoms with E-state index < -0.39 is 57.8 Å². The van der Waals surface area contributed by atoms with Crippen molar-refractivity contribution in [2.24, 2.45) is 0 Å². The van der Waals surface area contributed by atoms with E-state index in [1.165, 1.54) is 0 Å². The summed E-state index contributed by atoms with van der Waals surface area (Å²) in [5.41, 5.74) is 0. The maximum atomic E-state index is 13.1. The van der Waals surface area contributed by atoms with Gasteiger partial charge in [-0.3, -0.25) is 0 Å². The van der Waals surface area contributed by atoms with Crippen LogP contribution >= 0.6 is 0 Å². The lowest BCUT2D eigenvalue weighted by atomic mass is 10.1. The number of alkyl halides is 6. The highest BCUT2D eigenvalue weighted by molar-refractivity contribution is 7.89. The predicted octanol–water partition coefficient (Wildman–Crippen LogP) is 3.10. The third-order valence-electron chi connectivity index (χ3n) is 4.62. The third kappa shape index (κ3) is 6.14. The van der Waals surface area contributed by atoms with E-state index >= 15 is 0 Å². The van der Waals surface area contributed by atoms with Gasteiger partial charge in [-0.1, -0.05) is 0 Å². The van der Waals surface area contributed by atoms with Crippen molar-refractivity contribution < 1.29 is 53.7 Å². The number of sulfonamides is 1. The third-order valence-corrected chi connectivity index (χ3v) is 6.54. The van der Waals surface area contributed by atoms with Crippen molar-refractivity contribution in [1.82, 2.24) is 4.31 Å². The summed E-state index contributed by atoms with van der Waals surface area (Å²) in [6.45, 7) is -2.87. The van der Waals surface area contributed by atoms with Crippen LogP contribution in [0.15, 0.2) is 23.1 Å². The molecular formula is C17H19F6NO6S. The topological polar surface area (TPSA) is 74.3 Å². The van der Waals surface area contributed by atoms with Crippen molar-refractivity contribution >= 4 is 10.0 Å².